The molecule has 25 heavy (non-hydrogen) atoms. The fourth-order valence-electron chi connectivity index (χ4n) is 2.35. The van der Waals surface area contributed by atoms with Crippen molar-refractivity contribution in [2.24, 2.45) is 5.73 Å². The summed E-state index contributed by atoms with van der Waals surface area (Å²) in [5.41, 5.74) is 6.74. The number of primary amides is 1. The van der Waals surface area contributed by atoms with Crippen LogP contribution >= 0.6 is 0 Å². The first-order chi connectivity index (χ1) is 12.0. The van der Waals surface area contributed by atoms with Crippen LogP contribution in [-0.2, 0) is 16.0 Å². The summed E-state index contributed by atoms with van der Waals surface area (Å²) in [7, 11) is 0. The van der Waals surface area contributed by atoms with E-state index in [9.17, 15) is 14.4 Å². The Balaban J connectivity index is 2.02. The minimum absolute atomic E-state index is 0.264. The average molecular weight is 340 g/mol. The van der Waals surface area contributed by atoms with Crippen molar-refractivity contribution in [2.75, 3.05) is 0 Å². The number of amides is 2. The van der Waals surface area contributed by atoms with E-state index in [1.165, 1.54) is 13.0 Å². The van der Waals surface area contributed by atoms with Gasteiger partial charge >= 0.3 is 5.97 Å². The molecule has 0 radical (unpaired) electrons. The van der Waals surface area contributed by atoms with Crippen molar-refractivity contribution in [3.05, 3.63) is 65.7 Å². The summed E-state index contributed by atoms with van der Waals surface area (Å²) in [5, 5.41) is 2.63. The molecule has 1 atom stereocenters. The molecule has 6 heteroatoms. The number of nitrogens with two attached hydrogens (primary N) is 1. The lowest BCUT2D eigenvalue weighted by atomic mass is 10.0. The van der Waals surface area contributed by atoms with Gasteiger partial charge in [-0.1, -0.05) is 36.4 Å². The van der Waals surface area contributed by atoms with E-state index in [-0.39, 0.29) is 11.3 Å². The molecule has 0 bridgehead atoms. The van der Waals surface area contributed by atoms with Crippen LogP contribution in [0.15, 0.2) is 54.6 Å². The summed E-state index contributed by atoms with van der Waals surface area (Å²) >= 11 is 0. The second kappa shape index (κ2) is 8.63. The predicted molar refractivity (Wildman–Crippen MR) is 93.0 cm³/mol. The summed E-state index contributed by atoms with van der Waals surface area (Å²) in [6.07, 6.45) is 1.01. The van der Waals surface area contributed by atoms with Crippen LogP contribution in [0.5, 0.6) is 5.75 Å². The van der Waals surface area contributed by atoms with Gasteiger partial charge in [-0.25, -0.2) is 0 Å². The SMILES string of the molecule is CC(=O)Oc1cccc(C(=O)N[C@H](CCc2ccccc2)C(N)=O)c1. The molecule has 0 spiro atoms. The van der Waals surface area contributed by atoms with E-state index < -0.39 is 23.8 Å². The van der Waals surface area contributed by atoms with E-state index >= 15 is 0 Å². The van der Waals surface area contributed by atoms with Crippen molar-refractivity contribution >= 4 is 17.8 Å². The van der Waals surface area contributed by atoms with Gasteiger partial charge in [-0.05, 0) is 36.6 Å². The third kappa shape index (κ3) is 5.76. The second-order valence-electron chi connectivity index (χ2n) is 5.57. The molecule has 0 aliphatic rings. The molecule has 2 aromatic carbocycles. The Morgan fingerprint density at radius 1 is 1.08 bits per heavy atom. The molecule has 2 rings (SSSR count). The molecule has 0 aliphatic heterocycles. The number of hydrogen-bond acceptors (Lipinski definition) is 4. The van der Waals surface area contributed by atoms with Gasteiger partial charge in [0.05, 0.1) is 0 Å². The quantitative estimate of drug-likeness (QED) is 0.593. The van der Waals surface area contributed by atoms with Crippen molar-refractivity contribution in [1.29, 1.82) is 0 Å². The molecule has 2 amide bonds. The third-order valence-electron chi connectivity index (χ3n) is 3.57. The standard InChI is InChI=1S/C19H20N2O4/c1-13(22)25-16-9-5-8-15(12-16)19(24)21-17(18(20)23)11-10-14-6-3-2-4-7-14/h2-9,12,17H,10-11H2,1H3,(H2,20,23)(H,21,24)/t17-/m1/s1. The zero-order chi connectivity index (χ0) is 18.2. The van der Waals surface area contributed by atoms with Crippen LogP contribution in [-0.4, -0.2) is 23.8 Å². The van der Waals surface area contributed by atoms with Crippen LogP contribution in [0, 0.1) is 0 Å². The van der Waals surface area contributed by atoms with Gasteiger partial charge in [0, 0.05) is 12.5 Å². The number of hydrogen-bond donors (Lipinski definition) is 2. The molecule has 2 aromatic rings. The summed E-state index contributed by atoms with van der Waals surface area (Å²) in [5.74, 6) is -1.26. The number of carbonyl (C=O) groups is 3. The molecule has 0 heterocycles. The summed E-state index contributed by atoms with van der Waals surface area (Å²) in [6, 6.07) is 15.0. The Hall–Kier alpha value is -3.15. The number of aryl methyl sites for hydroxylation is 1. The lowest BCUT2D eigenvalue weighted by Crippen LogP contribution is -2.44. The van der Waals surface area contributed by atoms with Crippen molar-refractivity contribution in [3.63, 3.8) is 0 Å². The van der Waals surface area contributed by atoms with Crippen LogP contribution < -0.4 is 15.8 Å². The van der Waals surface area contributed by atoms with Gasteiger partial charge in [-0.15, -0.1) is 0 Å². The lowest BCUT2D eigenvalue weighted by molar-refractivity contribution is -0.131. The van der Waals surface area contributed by atoms with Crippen LogP contribution in [0.1, 0.15) is 29.3 Å². The minimum atomic E-state index is -0.787. The Kier molecular flexibility index (Phi) is 6.28. The van der Waals surface area contributed by atoms with Gasteiger partial charge in [-0.3, -0.25) is 14.4 Å². The molecule has 0 fully saturated rings. The van der Waals surface area contributed by atoms with Crippen LogP contribution in [0.4, 0.5) is 0 Å². The number of ether oxygens (including phenoxy) is 1. The Bertz CT molecular complexity index is 759. The van der Waals surface area contributed by atoms with E-state index in [1.54, 1.807) is 18.2 Å². The maximum atomic E-state index is 12.3. The average Bonchev–Trinajstić information content (AvgIpc) is 2.58. The summed E-state index contributed by atoms with van der Waals surface area (Å²) < 4.78 is 4.95. The number of benzene rings is 2. The normalized spacial score (nSPS) is 11.4. The highest BCUT2D eigenvalue weighted by Gasteiger charge is 2.19. The number of nitrogens with one attached hydrogen (secondary N) is 1. The first-order valence-corrected chi connectivity index (χ1v) is 7.88. The molecule has 3 N–H and O–H groups in total. The molecule has 6 nitrogen and oxygen atoms in total. The molecular formula is C19H20N2O4. The van der Waals surface area contributed by atoms with E-state index in [1.807, 2.05) is 30.3 Å². The molecular weight excluding hydrogens is 320 g/mol. The van der Waals surface area contributed by atoms with Crippen LogP contribution in [0.2, 0.25) is 0 Å². The monoisotopic (exact) mass is 340 g/mol. The maximum absolute atomic E-state index is 12.3. The third-order valence-corrected chi connectivity index (χ3v) is 3.57. The highest BCUT2D eigenvalue weighted by Crippen LogP contribution is 2.14. The van der Waals surface area contributed by atoms with Crippen molar-refractivity contribution in [3.8, 4) is 5.75 Å². The molecule has 0 saturated carbocycles. The second-order valence-corrected chi connectivity index (χ2v) is 5.57. The van der Waals surface area contributed by atoms with Gasteiger partial charge in [0.1, 0.15) is 11.8 Å². The smallest absolute Gasteiger partial charge is 0.308 e. The van der Waals surface area contributed by atoms with Crippen molar-refractivity contribution in [2.45, 2.75) is 25.8 Å². The number of esters is 1. The van der Waals surface area contributed by atoms with E-state index in [4.69, 9.17) is 10.5 Å². The summed E-state index contributed by atoms with van der Waals surface area (Å²) in [6.45, 7) is 1.28. The first kappa shape index (κ1) is 18.2. The topological polar surface area (TPSA) is 98.5 Å². The van der Waals surface area contributed by atoms with Crippen LogP contribution in [0.3, 0.4) is 0 Å². The minimum Gasteiger partial charge on any atom is -0.427 e. The Labute approximate surface area is 146 Å². The van der Waals surface area contributed by atoms with Crippen LogP contribution in [0.25, 0.3) is 0 Å². The van der Waals surface area contributed by atoms with E-state index in [2.05, 4.69) is 5.32 Å². The molecule has 0 unspecified atom stereocenters. The highest BCUT2D eigenvalue weighted by atomic mass is 16.5. The van der Waals surface area contributed by atoms with Gasteiger partial charge in [0.25, 0.3) is 5.91 Å². The Morgan fingerprint density at radius 3 is 2.44 bits per heavy atom. The molecule has 0 aromatic heterocycles. The van der Waals surface area contributed by atoms with Gasteiger partial charge in [0.2, 0.25) is 5.91 Å². The van der Waals surface area contributed by atoms with E-state index in [0.29, 0.717) is 12.8 Å². The fourth-order valence-corrected chi connectivity index (χ4v) is 2.35. The molecule has 0 saturated heterocycles. The number of carbonyl (C=O) groups excluding carboxylic acids is 3. The molecule has 0 aliphatic carbocycles. The zero-order valence-corrected chi connectivity index (χ0v) is 13.9. The van der Waals surface area contributed by atoms with Crippen molar-refractivity contribution in [1.82, 2.24) is 5.32 Å². The van der Waals surface area contributed by atoms with E-state index in [0.717, 1.165) is 5.56 Å². The van der Waals surface area contributed by atoms with Gasteiger partial charge < -0.3 is 15.8 Å². The Morgan fingerprint density at radius 2 is 1.80 bits per heavy atom. The fraction of sp³-hybridized carbons (Fsp3) is 0.211. The lowest BCUT2D eigenvalue weighted by Gasteiger charge is -2.16. The highest BCUT2D eigenvalue weighted by molar-refractivity contribution is 5.97. The first-order valence-electron chi connectivity index (χ1n) is 7.88. The molecule has 130 valence electrons. The predicted octanol–water partition coefficient (Wildman–Crippen LogP) is 1.83. The summed E-state index contributed by atoms with van der Waals surface area (Å²) in [4.78, 5) is 35.0. The van der Waals surface area contributed by atoms with Gasteiger partial charge in [0.15, 0.2) is 0 Å². The van der Waals surface area contributed by atoms with Gasteiger partial charge in [-0.2, -0.15) is 0 Å². The zero-order valence-electron chi connectivity index (χ0n) is 13.9. The number of rotatable bonds is 7. The van der Waals surface area contributed by atoms with Crippen molar-refractivity contribution < 1.29 is 19.1 Å². The largest absolute Gasteiger partial charge is 0.427 e. The maximum Gasteiger partial charge on any atom is 0.308 e.